The first kappa shape index (κ1) is 6.27. The number of hydrogen-bond donors (Lipinski definition) is 0. The van der Waals surface area contributed by atoms with Crippen LogP contribution in [0.25, 0.3) is 0 Å². The number of rotatable bonds is 2. The van der Waals surface area contributed by atoms with Gasteiger partial charge in [0, 0.05) is 11.9 Å². The SMILES string of the molecule is [CH2-]CCc1ccccn1. The van der Waals surface area contributed by atoms with Crippen LogP contribution in [0.1, 0.15) is 12.1 Å². The first-order valence-electron chi connectivity index (χ1n) is 3.12. The van der Waals surface area contributed by atoms with Gasteiger partial charge in [-0.25, -0.2) is 0 Å². The molecule has 1 nitrogen and oxygen atoms in total. The Balaban J connectivity index is 2.61. The largest absolute Gasteiger partial charge is 0.343 e. The molecule has 0 aliphatic carbocycles. The van der Waals surface area contributed by atoms with Crippen molar-refractivity contribution in [1.29, 1.82) is 0 Å². The van der Waals surface area contributed by atoms with Crippen LogP contribution in [0.2, 0.25) is 0 Å². The van der Waals surface area contributed by atoms with Gasteiger partial charge < -0.3 is 6.92 Å². The normalized spacial score (nSPS) is 9.44. The maximum atomic E-state index is 4.13. The van der Waals surface area contributed by atoms with Gasteiger partial charge in [-0.15, -0.1) is 0 Å². The van der Waals surface area contributed by atoms with Crippen LogP contribution < -0.4 is 0 Å². The minimum absolute atomic E-state index is 0.928. The summed E-state index contributed by atoms with van der Waals surface area (Å²) in [5, 5.41) is 0. The fourth-order valence-electron chi connectivity index (χ4n) is 0.727. The van der Waals surface area contributed by atoms with Crippen LogP contribution in [0.4, 0.5) is 0 Å². The number of pyridine rings is 1. The second-order valence-electron chi connectivity index (χ2n) is 1.92. The zero-order valence-corrected chi connectivity index (χ0v) is 5.38. The van der Waals surface area contributed by atoms with Crippen LogP contribution in [0.3, 0.4) is 0 Å². The molecule has 0 saturated carbocycles. The highest BCUT2D eigenvalue weighted by atomic mass is 14.7. The van der Waals surface area contributed by atoms with Crippen LogP contribution >= 0.6 is 0 Å². The molecule has 0 spiro atoms. The lowest BCUT2D eigenvalue weighted by Crippen LogP contribution is -1.85. The Labute approximate surface area is 55.7 Å². The summed E-state index contributed by atoms with van der Waals surface area (Å²) in [6.45, 7) is 3.74. The van der Waals surface area contributed by atoms with E-state index < -0.39 is 0 Å². The number of aromatic nitrogens is 1. The maximum Gasteiger partial charge on any atom is 0.0378 e. The maximum absolute atomic E-state index is 4.13. The number of aryl methyl sites for hydroxylation is 1. The third kappa shape index (κ3) is 1.84. The molecule has 0 bridgehead atoms. The summed E-state index contributed by atoms with van der Waals surface area (Å²) in [5.41, 5.74) is 1.13. The molecule has 0 N–H and O–H groups in total. The lowest BCUT2D eigenvalue weighted by atomic mass is 10.2. The standard InChI is InChI=1S/C8H10N/c1-2-5-8-6-3-4-7-9-8/h3-4,6-7H,1-2,5H2/q-1. The Morgan fingerprint density at radius 3 is 2.89 bits per heavy atom. The molecular formula is C8H10N-. The first-order chi connectivity index (χ1) is 4.43. The van der Waals surface area contributed by atoms with E-state index in [1.165, 1.54) is 0 Å². The lowest BCUT2D eigenvalue weighted by Gasteiger charge is -1.96. The fraction of sp³-hybridized carbons (Fsp3) is 0.250. The van der Waals surface area contributed by atoms with Gasteiger partial charge in [-0.1, -0.05) is 6.07 Å². The van der Waals surface area contributed by atoms with Crippen molar-refractivity contribution in [2.45, 2.75) is 12.8 Å². The van der Waals surface area contributed by atoms with Gasteiger partial charge in [0.2, 0.25) is 0 Å². The highest BCUT2D eigenvalue weighted by Crippen LogP contribution is 1.95. The van der Waals surface area contributed by atoms with Crippen molar-refractivity contribution in [3.63, 3.8) is 0 Å². The average molecular weight is 120 g/mol. The molecule has 48 valence electrons. The third-order valence-electron chi connectivity index (χ3n) is 1.16. The quantitative estimate of drug-likeness (QED) is 0.543. The van der Waals surface area contributed by atoms with E-state index in [2.05, 4.69) is 11.9 Å². The zero-order chi connectivity index (χ0) is 6.53. The Morgan fingerprint density at radius 2 is 2.33 bits per heavy atom. The van der Waals surface area contributed by atoms with Crippen molar-refractivity contribution in [3.05, 3.63) is 37.0 Å². The predicted octanol–water partition coefficient (Wildman–Crippen LogP) is 1.85. The Bertz CT molecular complexity index is 157. The lowest BCUT2D eigenvalue weighted by molar-refractivity contribution is 0.942. The van der Waals surface area contributed by atoms with Crippen LogP contribution in [0.15, 0.2) is 24.4 Å². The van der Waals surface area contributed by atoms with Gasteiger partial charge in [-0.05, 0) is 18.6 Å². The first-order valence-corrected chi connectivity index (χ1v) is 3.12. The molecule has 0 saturated heterocycles. The van der Waals surface area contributed by atoms with Gasteiger partial charge in [0.25, 0.3) is 0 Å². The highest BCUT2D eigenvalue weighted by molar-refractivity contribution is 5.03. The molecule has 0 atom stereocenters. The van der Waals surface area contributed by atoms with E-state index in [-0.39, 0.29) is 0 Å². The van der Waals surface area contributed by atoms with Crippen LogP contribution in [-0.4, -0.2) is 4.98 Å². The van der Waals surface area contributed by atoms with E-state index in [1.807, 2.05) is 24.4 Å². The van der Waals surface area contributed by atoms with Gasteiger partial charge in [0.05, 0.1) is 0 Å². The molecule has 1 heteroatoms. The zero-order valence-electron chi connectivity index (χ0n) is 5.38. The molecule has 0 aliphatic heterocycles. The van der Waals surface area contributed by atoms with Gasteiger partial charge >= 0.3 is 0 Å². The molecule has 1 heterocycles. The van der Waals surface area contributed by atoms with E-state index in [4.69, 9.17) is 0 Å². The summed E-state index contributed by atoms with van der Waals surface area (Å²) >= 11 is 0. The number of nitrogens with zero attached hydrogens (tertiary/aromatic N) is 1. The molecule has 1 rings (SSSR count). The van der Waals surface area contributed by atoms with Crippen molar-refractivity contribution in [2.24, 2.45) is 0 Å². The third-order valence-corrected chi connectivity index (χ3v) is 1.16. The topological polar surface area (TPSA) is 12.9 Å². The Hall–Kier alpha value is -0.850. The van der Waals surface area contributed by atoms with Gasteiger partial charge in [-0.2, -0.15) is 6.42 Å². The minimum Gasteiger partial charge on any atom is -0.343 e. The van der Waals surface area contributed by atoms with E-state index in [0.29, 0.717) is 0 Å². The van der Waals surface area contributed by atoms with E-state index >= 15 is 0 Å². The van der Waals surface area contributed by atoms with E-state index in [9.17, 15) is 0 Å². The molecule has 0 radical (unpaired) electrons. The summed E-state index contributed by atoms with van der Waals surface area (Å²) in [4.78, 5) is 4.13. The smallest absolute Gasteiger partial charge is 0.0378 e. The molecule has 0 unspecified atom stereocenters. The van der Waals surface area contributed by atoms with Crippen LogP contribution in [0, 0.1) is 6.92 Å². The van der Waals surface area contributed by atoms with E-state index in [0.717, 1.165) is 18.5 Å². The summed E-state index contributed by atoms with van der Waals surface area (Å²) in [6.07, 6.45) is 3.73. The van der Waals surface area contributed by atoms with Crippen molar-refractivity contribution in [1.82, 2.24) is 4.98 Å². The van der Waals surface area contributed by atoms with Gasteiger partial charge in [0.15, 0.2) is 0 Å². The molecular weight excluding hydrogens is 110 g/mol. The second kappa shape index (κ2) is 3.23. The van der Waals surface area contributed by atoms with Crippen molar-refractivity contribution >= 4 is 0 Å². The van der Waals surface area contributed by atoms with Crippen LogP contribution in [-0.2, 0) is 6.42 Å². The Kier molecular flexibility index (Phi) is 2.25. The summed E-state index contributed by atoms with van der Waals surface area (Å²) in [5.74, 6) is 0. The average Bonchev–Trinajstić information content (AvgIpc) is 1.91. The molecule has 0 aromatic carbocycles. The summed E-state index contributed by atoms with van der Waals surface area (Å²) < 4.78 is 0. The van der Waals surface area contributed by atoms with Crippen molar-refractivity contribution < 1.29 is 0 Å². The highest BCUT2D eigenvalue weighted by Gasteiger charge is 1.83. The fourth-order valence-corrected chi connectivity index (χ4v) is 0.727. The summed E-state index contributed by atoms with van der Waals surface area (Å²) in [6, 6.07) is 5.94. The second-order valence-corrected chi connectivity index (χ2v) is 1.92. The van der Waals surface area contributed by atoms with E-state index in [1.54, 1.807) is 0 Å². The van der Waals surface area contributed by atoms with Gasteiger partial charge in [-0.3, -0.25) is 4.98 Å². The number of hydrogen-bond acceptors (Lipinski definition) is 1. The van der Waals surface area contributed by atoms with Crippen LogP contribution in [0.5, 0.6) is 0 Å². The molecule has 1 aromatic rings. The Morgan fingerprint density at radius 1 is 1.44 bits per heavy atom. The molecule has 1 aromatic heterocycles. The molecule has 9 heavy (non-hydrogen) atoms. The monoisotopic (exact) mass is 120 g/mol. The minimum atomic E-state index is 0.928. The predicted molar refractivity (Wildman–Crippen MR) is 37.9 cm³/mol. The molecule has 0 aliphatic rings. The summed E-state index contributed by atoms with van der Waals surface area (Å²) in [7, 11) is 0. The van der Waals surface area contributed by atoms with Gasteiger partial charge in [0.1, 0.15) is 0 Å². The molecule has 0 amide bonds. The van der Waals surface area contributed by atoms with Crippen molar-refractivity contribution in [3.8, 4) is 0 Å². The van der Waals surface area contributed by atoms with Crippen molar-refractivity contribution in [2.75, 3.05) is 0 Å². The molecule has 0 fully saturated rings.